The molecule has 0 aromatic heterocycles. The Hall–Kier alpha value is -1.52. The van der Waals surface area contributed by atoms with E-state index in [9.17, 15) is 14.7 Å². The Morgan fingerprint density at radius 1 is 1.44 bits per heavy atom. The number of carbonyl (C=O) groups is 2. The predicted molar refractivity (Wildman–Crippen MR) is 69.3 cm³/mol. The first-order chi connectivity index (χ1) is 8.36. The van der Waals surface area contributed by atoms with Crippen LogP contribution in [-0.2, 0) is 4.79 Å². The molecule has 1 aliphatic carbocycles. The van der Waals surface area contributed by atoms with E-state index < -0.39 is 11.4 Å². The number of carbonyl (C=O) groups excluding carboxylic acids is 1. The molecule has 2 unspecified atom stereocenters. The summed E-state index contributed by atoms with van der Waals surface area (Å²) in [4.78, 5) is 22.9. The van der Waals surface area contributed by atoms with E-state index in [-0.39, 0.29) is 12.1 Å². The minimum Gasteiger partial charge on any atom is -0.481 e. The van der Waals surface area contributed by atoms with E-state index in [2.05, 4.69) is 10.6 Å². The molecule has 5 heteroatoms. The van der Waals surface area contributed by atoms with E-state index in [1.807, 2.05) is 19.9 Å². The minimum atomic E-state index is -0.839. The lowest BCUT2D eigenvalue weighted by atomic mass is 9.85. The molecular weight excluding hydrogens is 232 g/mol. The highest BCUT2D eigenvalue weighted by molar-refractivity contribution is 5.79. The highest BCUT2D eigenvalue weighted by Gasteiger charge is 2.45. The van der Waals surface area contributed by atoms with Gasteiger partial charge in [-0.25, -0.2) is 4.79 Å². The van der Waals surface area contributed by atoms with Crippen LogP contribution in [0.1, 0.15) is 40.0 Å². The Bertz CT molecular complexity index is 361. The van der Waals surface area contributed by atoms with E-state index in [1.165, 1.54) is 0 Å². The molecule has 3 N–H and O–H groups in total. The summed E-state index contributed by atoms with van der Waals surface area (Å²) in [5, 5.41) is 14.7. The molecule has 0 radical (unpaired) electrons. The lowest BCUT2D eigenvalue weighted by molar-refractivity contribution is -0.148. The van der Waals surface area contributed by atoms with Crippen molar-refractivity contribution in [1.29, 1.82) is 0 Å². The summed E-state index contributed by atoms with van der Waals surface area (Å²) in [6.45, 7) is 6.07. The van der Waals surface area contributed by atoms with Crippen LogP contribution in [0.4, 0.5) is 4.79 Å². The van der Waals surface area contributed by atoms with Crippen LogP contribution in [0.15, 0.2) is 11.6 Å². The third-order valence-corrected chi connectivity index (χ3v) is 3.52. The van der Waals surface area contributed by atoms with Crippen molar-refractivity contribution in [2.75, 3.05) is 6.54 Å². The maximum atomic E-state index is 11.6. The van der Waals surface area contributed by atoms with Crippen LogP contribution in [0.25, 0.3) is 0 Å². The van der Waals surface area contributed by atoms with Gasteiger partial charge in [-0.3, -0.25) is 4.79 Å². The molecule has 0 aromatic carbocycles. The summed E-state index contributed by atoms with van der Waals surface area (Å²) in [5.41, 5.74) is 0.292. The fraction of sp³-hybridized carbons (Fsp3) is 0.692. The van der Waals surface area contributed by atoms with Gasteiger partial charge in [-0.1, -0.05) is 18.1 Å². The van der Waals surface area contributed by atoms with Crippen molar-refractivity contribution in [2.45, 2.75) is 46.1 Å². The molecule has 0 bridgehead atoms. The van der Waals surface area contributed by atoms with Gasteiger partial charge in [0.1, 0.15) is 0 Å². The molecular formula is C13H22N2O3. The molecule has 18 heavy (non-hydrogen) atoms. The first kappa shape index (κ1) is 14.5. The summed E-state index contributed by atoms with van der Waals surface area (Å²) in [6.07, 6.45) is 4.08. The summed E-state index contributed by atoms with van der Waals surface area (Å²) in [7, 11) is 0. The molecule has 2 amide bonds. The number of hydrogen-bond donors (Lipinski definition) is 3. The first-order valence-electron chi connectivity index (χ1n) is 6.27. The number of hydrogen-bond acceptors (Lipinski definition) is 2. The maximum absolute atomic E-state index is 11.6. The predicted octanol–water partition coefficient (Wildman–Crippen LogP) is 1.90. The highest BCUT2D eigenvalue weighted by Crippen LogP contribution is 2.38. The summed E-state index contributed by atoms with van der Waals surface area (Å²) in [5.74, 6) is -0.838. The monoisotopic (exact) mass is 254 g/mol. The zero-order chi connectivity index (χ0) is 13.8. The number of allylic oxidation sites excluding steroid dienone is 1. The summed E-state index contributed by atoms with van der Waals surface area (Å²) >= 11 is 0. The van der Waals surface area contributed by atoms with Gasteiger partial charge in [-0.15, -0.1) is 0 Å². The van der Waals surface area contributed by atoms with Crippen LogP contribution >= 0.6 is 0 Å². The second-order valence-electron chi connectivity index (χ2n) is 5.30. The van der Waals surface area contributed by atoms with Crippen molar-refractivity contribution in [1.82, 2.24) is 10.6 Å². The SMILES string of the molecule is CC(C)=CCNC(=O)NC1CCCC1(C)C(=O)O. The number of carboxylic acids is 1. The molecule has 1 fully saturated rings. The second-order valence-corrected chi connectivity index (χ2v) is 5.30. The lowest BCUT2D eigenvalue weighted by Gasteiger charge is -2.27. The number of amides is 2. The molecule has 2 atom stereocenters. The van der Waals surface area contributed by atoms with Crippen LogP contribution in [-0.4, -0.2) is 29.7 Å². The molecule has 1 saturated carbocycles. The minimum absolute atomic E-state index is 0.290. The van der Waals surface area contributed by atoms with E-state index in [4.69, 9.17) is 0 Å². The molecule has 1 rings (SSSR count). The maximum Gasteiger partial charge on any atom is 0.315 e. The molecule has 0 aliphatic heterocycles. The van der Waals surface area contributed by atoms with E-state index >= 15 is 0 Å². The van der Waals surface area contributed by atoms with E-state index in [1.54, 1.807) is 6.92 Å². The standard InChI is InChI=1S/C13H22N2O3/c1-9(2)6-8-14-12(18)15-10-5-4-7-13(10,3)11(16)17/h6,10H,4-5,7-8H2,1-3H3,(H,16,17)(H2,14,15,18). The highest BCUT2D eigenvalue weighted by atomic mass is 16.4. The average Bonchev–Trinajstić information content (AvgIpc) is 2.61. The average molecular weight is 254 g/mol. The van der Waals surface area contributed by atoms with E-state index in [0.717, 1.165) is 18.4 Å². The van der Waals surface area contributed by atoms with Crippen LogP contribution in [0.5, 0.6) is 0 Å². The van der Waals surface area contributed by atoms with Crippen LogP contribution < -0.4 is 10.6 Å². The first-order valence-corrected chi connectivity index (χ1v) is 6.27. The molecule has 0 saturated heterocycles. The van der Waals surface area contributed by atoms with Gasteiger partial charge in [0.15, 0.2) is 0 Å². The Kier molecular flexibility index (Phi) is 4.76. The van der Waals surface area contributed by atoms with Crippen LogP contribution in [0.2, 0.25) is 0 Å². The topological polar surface area (TPSA) is 78.4 Å². The van der Waals surface area contributed by atoms with Crippen molar-refractivity contribution < 1.29 is 14.7 Å². The quantitative estimate of drug-likeness (QED) is 0.670. The van der Waals surface area contributed by atoms with Gasteiger partial charge in [0.2, 0.25) is 0 Å². The lowest BCUT2D eigenvalue weighted by Crippen LogP contribution is -2.50. The molecule has 0 heterocycles. The van der Waals surface area contributed by atoms with Crippen molar-refractivity contribution in [3.8, 4) is 0 Å². The fourth-order valence-corrected chi connectivity index (χ4v) is 2.21. The molecule has 102 valence electrons. The number of aliphatic carboxylic acids is 1. The zero-order valence-corrected chi connectivity index (χ0v) is 11.2. The third kappa shape index (κ3) is 3.48. The zero-order valence-electron chi connectivity index (χ0n) is 11.2. The Morgan fingerprint density at radius 3 is 2.67 bits per heavy atom. The Morgan fingerprint density at radius 2 is 2.11 bits per heavy atom. The van der Waals surface area contributed by atoms with Gasteiger partial charge in [-0.2, -0.15) is 0 Å². The molecule has 5 nitrogen and oxygen atoms in total. The van der Waals surface area contributed by atoms with Crippen molar-refractivity contribution in [2.24, 2.45) is 5.41 Å². The van der Waals surface area contributed by atoms with Crippen molar-refractivity contribution >= 4 is 12.0 Å². The molecule has 1 aliphatic rings. The van der Waals surface area contributed by atoms with Crippen molar-refractivity contribution in [3.05, 3.63) is 11.6 Å². The van der Waals surface area contributed by atoms with Crippen molar-refractivity contribution in [3.63, 3.8) is 0 Å². The smallest absolute Gasteiger partial charge is 0.315 e. The van der Waals surface area contributed by atoms with E-state index in [0.29, 0.717) is 13.0 Å². The molecule has 0 spiro atoms. The normalized spacial score (nSPS) is 26.5. The second kappa shape index (κ2) is 5.89. The third-order valence-electron chi connectivity index (χ3n) is 3.52. The number of nitrogens with one attached hydrogen (secondary N) is 2. The Labute approximate surface area is 108 Å². The summed E-state index contributed by atoms with van der Waals surface area (Å²) < 4.78 is 0. The van der Waals surface area contributed by atoms with Gasteiger partial charge < -0.3 is 15.7 Å². The van der Waals surface area contributed by atoms with Gasteiger partial charge in [-0.05, 0) is 33.6 Å². The Balaban J connectivity index is 2.49. The number of rotatable bonds is 4. The number of urea groups is 1. The van der Waals surface area contributed by atoms with Gasteiger partial charge >= 0.3 is 12.0 Å². The van der Waals surface area contributed by atoms with Gasteiger partial charge in [0.25, 0.3) is 0 Å². The van der Waals surface area contributed by atoms with Gasteiger partial charge in [0, 0.05) is 12.6 Å². The number of carboxylic acid groups (broad SMARTS) is 1. The van der Waals surface area contributed by atoms with Gasteiger partial charge in [0.05, 0.1) is 5.41 Å². The molecule has 0 aromatic rings. The summed E-state index contributed by atoms with van der Waals surface area (Å²) in [6, 6.07) is -0.589. The fourth-order valence-electron chi connectivity index (χ4n) is 2.21. The van der Waals surface area contributed by atoms with Crippen LogP contribution in [0.3, 0.4) is 0 Å². The largest absolute Gasteiger partial charge is 0.481 e. The van der Waals surface area contributed by atoms with Crippen LogP contribution in [0, 0.1) is 5.41 Å².